The molecule has 0 fully saturated rings. The lowest BCUT2D eigenvalue weighted by molar-refractivity contribution is -0.134. The summed E-state index contributed by atoms with van der Waals surface area (Å²) in [6, 6.07) is 16.7. The molecule has 3 aromatic rings. The molecule has 0 heterocycles. The van der Waals surface area contributed by atoms with Crippen LogP contribution in [0, 0.1) is 0 Å². The van der Waals surface area contributed by atoms with Gasteiger partial charge in [0, 0.05) is 17.2 Å². The second-order valence-electron chi connectivity index (χ2n) is 8.01. The van der Waals surface area contributed by atoms with Gasteiger partial charge in [0.05, 0.1) is 0 Å². The topological polar surface area (TPSA) is 26.3 Å². The summed E-state index contributed by atoms with van der Waals surface area (Å²) in [6.45, 7) is 8.73. The van der Waals surface area contributed by atoms with Crippen LogP contribution in [0.15, 0.2) is 48.5 Å². The van der Waals surface area contributed by atoms with Gasteiger partial charge in [-0.05, 0) is 34.2 Å². The zero-order chi connectivity index (χ0) is 18.7. The van der Waals surface area contributed by atoms with Gasteiger partial charge in [-0.1, -0.05) is 83.0 Å². The maximum Gasteiger partial charge on any atom is 0.311 e. The van der Waals surface area contributed by atoms with Crippen LogP contribution in [0.1, 0.15) is 58.9 Å². The number of ether oxygens (including phenoxy) is 1. The molecule has 0 N–H and O–H groups in total. The maximum absolute atomic E-state index is 12.5. The van der Waals surface area contributed by atoms with Gasteiger partial charge in [-0.15, -0.1) is 0 Å². The first-order valence-electron chi connectivity index (χ1n) is 9.57. The van der Waals surface area contributed by atoms with E-state index in [1.165, 1.54) is 5.56 Å². The van der Waals surface area contributed by atoms with E-state index in [2.05, 4.69) is 58.0 Å². The molecule has 0 aliphatic rings. The van der Waals surface area contributed by atoms with Gasteiger partial charge in [-0.2, -0.15) is 0 Å². The molecule has 0 aromatic heterocycles. The summed E-state index contributed by atoms with van der Waals surface area (Å²) >= 11 is 0. The van der Waals surface area contributed by atoms with Crippen molar-refractivity contribution < 1.29 is 9.53 Å². The van der Waals surface area contributed by atoms with Crippen molar-refractivity contribution in [3.63, 3.8) is 0 Å². The highest BCUT2D eigenvalue weighted by atomic mass is 16.5. The zero-order valence-corrected chi connectivity index (χ0v) is 16.3. The van der Waals surface area contributed by atoms with Crippen LogP contribution < -0.4 is 4.74 Å². The Kier molecular flexibility index (Phi) is 5.31. The largest absolute Gasteiger partial charge is 0.425 e. The van der Waals surface area contributed by atoms with E-state index in [0.29, 0.717) is 12.2 Å². The summed E-state index contributed by atoms with van der Waals surface area (Å²) in [7, 11) is 0. The Labute approximate surface area is 156 Å². The molecule has 0 saturated carbocycles. The van der Waals surface area contributed by atoms with E-state index >= 15 is 0 Å². The smallest absolute Gasteiger partial charge is 0.311 e. The Bertz CT molecular complexity index is 932. The monoisotopic (exact) mass is 348 g/mol. The van der Waals surface area contributed by atoms with E-state index in [4.69, 9.17) is 4.74 Å². The summed E-state index contributed by atoms with van der Waals surface area (Å²) in [6.07, 6.45) is 3.50. The fourth-order valence-corrected chi connectivity index (χ4v) is 3.49. The van der Waals surface area contributed by atoms with E-state index in [0.717, 1.165) is 40.8 Å². The Morgan fingerprint density at radius 2 is 1.69 bits per heavy atom. The lowest BCUT2D eigenvalue weighted by Crippen LogP contribution is -2.14. The second kappa shape index (κ2) is 7.49. The first-order valence-corrected chi connectivity index (χ1v) is 9.57. The number of carbonyl (C=O) groups is 1. The minimum Gasteiger partial charge on any atom is -0.425 e. The van der Waals surface area contributed by atoms with Crippen LogP contribution in [0.3, 0.4) is 0 Å². The third-order valence-corrected chi connectivity index (χ3v) is 4.85. The molecule has 136 valence electrons. The summed E-state index contributed by atoms with van der Waals surface area (Å²) in [5, 5.41) is 4.28. The van der Waals surface area contributed by atoms with Crippen LogP contribution in [0.25, 0.3) is 21.5 Å². The molecule has 0 aliphatic carbocycles. The van der Waals surface area contributed by atoms with Crippen molar-refractivity contribution in [2.45, 2.75) is 58.8 Å². The van der Waals surface area contributed by atoms with Crippen molar-refractivity contribution in [3.05, 3.63) is 54.1 Å². The normalized spacial score (nSPS) is 11.8. The van der Waals surface area contributed by atoms with E-state index in [1.54, 1.807) is 0 Å². The number of benzene rings is 3. The molecule has 2 heteroatoms. The molecular formula is C24H28O2. The number of hydrogen-bond donors (Lipinski definition) is 0. The van der Waals surface area contributed by atoms with Gasteiger partial charge in [0.1, 0.15) is 5.75 Å². The van der Waals surface area contributed by atoms with Crippen molar-refractivity contribution >= 4 is 27.5 Å². The van der Waals surface area contributed by atoms with Crippen LogP contribution in [-0.2, 0) is 10.2 Å². The molecule has 0 amide bonds. The summed E-state index contributed by atoms with van der Waals surface area (Å²) in [4.78, 5) is 12.5. The molecule has 0 aliphatic heterocycles. The SMILES string of the molecule is CCCCCC(=O)Oc1c2ccccc2cc2cccc(C(C)(C)C)c12. The van der Waals surface area contributed by atoms with Gasteiger partial charge in [-0.3, -0.25) is 4.79 Å². The molecule has 3 rings (SSSR count). The Balaban J connectivity index is 2.20. The van der Waals surface area contributed by atoms with Crippen LogP contribution in [0.5, 0.6) is 5.75 Å². The average molecular weight is 348 g/mol. The highest BCUT2D eigenvalue weighted by Crippen LogP contribution is 2.41. The van der Waals surface area contributed by atoms with Crippen LogP contribution in [0.2, 0.25) is 0 Å². The lowest BCUT2D eigenvalue weighted by Gasteiger charge is -2.23. The Morgan fingerprint density at radius 3 is 2.42 bits per heavy atom. The third-order valence-electron chi connectivity index (χ3n) is 4.85. The molecule has 0 saturated heterocycles. The quantitative estimate of drug-likeness (QED) is 0.220. The van der Waals surface area contributed by atoms with E-state index < -0.39 is 0 Å². The maximum atomic E-state index is 12.5. The van der Waals surface area contributed by atoms with Crippen molar-refractivity contribution in [1.82, 2.24) is 0 Å². The lowest BCUT2D eigenvalue weighted by atomic mass is 9.82. The van der Waals surface area contributed by atoms with Gasteiger partial charge in [-0.25, -0.2) is 0 Å². The van der Waals surface area contributed by atoms with Crippen molar-refractivity contribution in [2.75, 3.05) is 0 Å². The van der Waals surface area contributed by atoms with Crippen LogP contribution >= 0.6 is 0 Å². The van der Waals surface area contributed by atoms with E-state index in [9.17, 15) is 4.79 Å². The molecule has 26 heavy (non-hydrogen) atoms. The first-order chi connectivity index (χ1) is 12.4. The molecule has 0 radical (unpaired) electrons. The predicted molar refractivity (Wildman–Crippen MR) is 110 cm³/mol. The van der Waals surface area contributed by atoms with Gasteiger partial charge in [0.2, 0.25) is 0 Å². The average Bonchev–Trinajstić information content (AvgIpc) is 2.60. The molecule has 2 nitrogen and oxygen atoms in total. The van der Waals surface area contributed by atoms with Gasteiger partial charge >= 0.3 is 5.97 Å². The summed E-state index contributed by atoms with van der Waals surface area (Å²) in [5.41, 5.74) is 1.17. The molecule has 0 spiro atoms. The standard InChI is InChI=1S/C24H28O2/c1-5-6-7-15-21(25)26-23-19-13-9-8-11-17(19)16-18-12-10-14-20(22(18)23)24(2,3)4/h8-14,16H,5-7,15H2,1-4H3. The third kappa shape index (κ3) is 3.75. The fraction of sp³-hybridized carbons (Fsp3) is 0.375. The number of fused-ring (bicyclic) bond motifs is 2. The summed E-state index contributed by atoms with van der Waals surface area (Å²) < 4.78 is 5.98. The minimum atomic E-state index is -0.139. The minimum absolute atomic E-state index is 0.0364. The number of rotatable bonds is 5. The molecule has 0 unspecified atom stereocenters. The number of esters is 1. The van der Waals surface area contributed by atoms with Crippen LogP contribution in [-0.4, -0.2) is 5.97 Å². The van der Waals surface area contributed by atoms with Crippen LogP contribution in [0.4, 0.5) is 0 Å². The second-order valence-corrected chi connectivity index (χ2v) is 8.01. The molecular weight excluding hydrogens is 320 g/mol. The zero-order valence-electron chi connectivity index (χ0n) is 16.3. The fourth-order valence-electron chi connectivity index (χ4n) is 3.49. The summed E-state index contributed by atoms with van der Waals surface area (Å²) in [5.74, 6) is 0.574. The van der Waals surface area contributed by atoms with E-state index in [1.807, 2.05) is 18.2 Å². The van der Waals surface area contributed by atoms with Gasteiger partial charge in [0.15, 0.2) is 0 Å². The highest BCUT2D eigenvalue weighted by molar-refractivity contribution is 6.08. The van der Waals surface area contributed by atoms with Crippen molar-refractivity contribution in [3.8, 4) is 5.75 Å². The Hall–Kier alpha value is -2.35. The number of unbranched alkanes of at least 4 members (excludes halogenated alkanes) is 2. The Morgan fingerprint density at radius 1 is 0.962 bits per heavy atom. The van der Waals surface area contributed by atoms with Crippen molar-refractivity contribution in [2.24, 2.45) is 0 Å². The van der Waals surface area contributed by atoms with Gasteiger partial charge in [0.25, 0.3) is 0 Å². The van der Waals surface area contributed by atoms with E-state index in [-0.39, 0.29) is 11.4 Å². The molecule has 0 bridgehead atoms. The first kappa shape index (κ1) is 18.4. The van der Waals surface area contributed by atoms with Gasteiger partial charge < -0.3 is 4.74 Å². The van der Waals surface area contributed by atoms with Crippen molar-refractivity contribution in [1.29, 1.82) is 0 Å². The number of hydrogen-bond acceptors (Lipinski definition) is 2. The molecule has 0 atom stereocenters. The highest BCUT2D eigenvalue weighted by Gasteiger charge is 2.22. The number of carbonyl (C=O) groups excluding carboxylic acids is 1. The molecule has 3 aromatic carbocycles. The predicted octanol–water partition coefficient (Wildman–Crippen LogP) is 6.78.